The molecule has 0 aliphatic carbocycles. The third kappa shape index (κ3) is 5.24. The molecule has 0 bridgehead atoms. The molecule has 13 rings (SSSR count). The Balaban J connectivity index is 1.04. The first kappa shape index (κ1) is 33.5. The molecule has 284 valence electrons. The van der Waals surface area contributed by atoms with E-state index in [2.05, 4.69) is 138 Å². The molecule has 0 N–H and O–H groups in total. The van der Waals surface area contributed by atoms with Gasteiger partial charge in [-0.3, -0.25) is 0 Å². The van der Waals surface area contributed by atoms with Gasteiger partial charge in [0, 0.05) is 44.1 Å². The molecule has 61 heavy (non-hydrogen) atoms. The molecular weight excluding hydrogens is 751 g/mol. The molecule has 4 aromatic heterocycles. The van der Waals surface area contributed by atoms with E-state index in [-0.39, 0.29) is 0 Å². The summed E-state index contributed by atoms with van der Waals surface area (Å²) in [4.78, 5) is 20.6. The molecule has 0 saturated heterocycles. The lowest BCUT2D eigenvalue weighted by Crippen LogP contribution is -2.01. The summed E-state index contributed by atoms with van der Waals surface area (Å²) in [5.74, 6) is 2.34. The van der Waals surface area contributed by atoms with E-state index in [1.165, 1.54) is 0 Å². The van der Waals surface area contributed by atoms with Crippen molar-refractivity contribution < 1.29 is 8.83 Å². The molecule has 0 amide bonds. The van der Waals surface area contributed by atoms with Crippen molar-refractivity contribution in [2.45, 2.75) is 0 Å². The standard InChI is InChI=1S/C54H31N5O2/c1-3-13-34(14-4-1)54-55-43-26-29-47-49(50(43)61-54)48-41-30-35(23-22-33(41)25-28-46(48)60-47)51-56-52(58-53(57-51)40-20-11-15-32-12-7-8-18-38(32)40)36-24-27-45-42(31-36)39-19-9-10-21-44(39)59(45)37-16-5-2-6-17-37/h1-31H. The normalized spacial score (nSPS) is 11.9. The Morgan fingerprint density at radius 1 is 0.377 bits per heavy atom. The molecule has 0 radical (unpaired) electrons. The lowest BCUT2D eigenvalue weighted by Gasteiger charge is -2.11. The first-order valence-corrected chi connectivity index (χ1v) is 20.3. The minimum absolute atomic E-state index is 0.569. The van der Waals surface area contributed by atoms with Crippen LogP contribution in [-0.4, -0.2) is 24.5 Å². The number of hydrogen-bond acceptors (Lipinski definition) is 6. The van der Waals surface area contributed by atoms with Crippen molar-refractivity contribution in [2.24, 2.45) is 0 Å². The van der Waals surface area contributed by atoms with Gasteiger partial charge in [-0.15, -0.1) is 0 Å². The van der Waals surface area contributed by atoms with Crippen LogP contribution in [0.4, 0.5) is 0 Å². The average molecular weight is 782 g/mol. The fourth-order valence-corrected chi connectivity index (χ4v) is 9.04. The molecule has 0 atom stereocenters. The van der Waals surface area contributed by atoms with Gasteiger partial charge in [-0.1, -0.05) is 115 Å². The number of aromatic nitrogens is 5. The van der Waals surface area contributed by atoms with Crippen LogP contribution in [0.1, 0.15) is 0 Å². The van der Waals surface area contributed by atoms with Crippen LogP contribution < -0.4 is 0 Å². The predicted molar refractivity (Wildman–Crippen MR) is 246 cm³/mol. The number of para-hydroxylation sites is 2. The molecule has 9 aromatic carbocycles. The molecular formula is C54H31N5O2. The maximum atomic E-state index is 6.54. The van der Waals surface area contributed by atoms with Crippen LogP contribution in [0.15, 0.2) is 197 Å². The third-order valence-electron chi connectivity index (χ3n) is 11.9. The number of rotatable bonds is 5. The van der Waals surface area contributed by atoms with E-state index in [1.54, 1.807) is 0 Å². The van der Waals surface area contributed by atoms with Crippen molar-refractivity contribution in [3.05, 3.63) is 188 Å². The smallest absolute Gasteiger partial charge is 0.227 e. The molecule has 7 heteroatoms. The van der Waals surface area contributed by atoms with Gasteiger partial charge in [0.05, 0.1) is 16.4 Å². The maximum Gasteiger partial charge on any atom is 0.227 e. The van der Waals surface area contributed by atoms with Crippen LogP contribution >= 0.6 is 0 Å². The number of fused-ring (bicyclic) bond motifs is 11. The van der Waals surface area contributed by atoms with Gasteiger partial charge in [-0.05, 0) is 94.3 Å². The zero-order valence-corrected chi connectivity index (χ0v) is 32.5. The molecule has 0 aliphatic heterocycles. The zero-order valence-electron chi connectivity index (χ0n) is 32.5. The van der Waals surface area contributed by atoms with Crippen molar-refractivity contribution in [2.75, 3.05) is 0 Å². The molecule has 0 fully saturated rings. The zero-order chi connectivity index (χ0) is 40.0. The van der Waals surface area contributed by atoms with E-state index in [0.717, 1.165) is 98.7 Å². The number of oxazole rings is 1. The summed E-state index contributed by atoms with van der Waals surface area (Å²) in [6.45, 7) is 0. The second-order valence-corrected chi connectivity index (χ2v) is 15.4. The summed E-state index contributed by atoms with van der Waals surface area (Å²) in [5.41, 5.74) is 9.95. The highest BCUT2D eigenvalue weighted by Gasteiger charge is 2.21. The maximum absolute atomic E-state index is 6.54. The van der Waals surface area contributed by atoms with E-state index < -0.39 is 0 Å². The fourth-order valence-electron chi connectivity index (χ4n) is 9.04. The highest BCUT2D eigenvalue weighted by Crippen LogP contribution is 2.42. The van der Waals surface area contributed by atoms with E-state index in [1.807, 2.05) is 54.6 Å². The lowest BCUT2D eigenvalue weighted by molar-refractivity contribution is 0.622. The minimum Gasteiger partial charge on any atom is -0.456 e. The van der Waals surface area contributed by atoms with Gasteiger partial charge in [0.25, 0.3) is 0 Å². The highest BCUT2D eigenvalue weighted by atomic mass is 16.4. The van der Waals surface area contributed by atoms with Crippen molar-refractivity contribution >= 4 is 76.4 Å². The Labute approximate surface area is 347 Å². The van der Waals surface area contributed by atoms with Gasteiger partial charge in [0.2, 0.25) is 5.89 Å². The minimum atomic E-state index is 0.569. The van der Waals surface area contributed by atoms with Gasteiger partial charge in [-0.2, -0.15) is 0 Å². The van der Waals surface area contributed by atoms with E-state index in [9.17, 15) is 0 Å². The highest BCUT2D eigenvalue weighted by molar-refractivity contribution is 6.25. The molecule has 13 aromatic rings. The topological polar surface area (TPSA) is 82.8 Å². The summed E-state index contributed by atoms with van der Waals surface area (Å²) in [5, 5.41) is 8.39. The van der Waals surface area contributed by atoms with E-state index >= 15 is 0 Å². The predicted octanol–water partition coefficient (Wildman–Crippen LogP) is 14.0. The van der Waals surface area contributed by atoms with Crippen LogP contribution in [0.5, 0.6) is 0 Å². The summed E-state index contributed by atoms with van der Waals surface area (Å²) in [6.07, 6.45) is 0. The van der Waals surface area contributed by atoms with E-state index in [4.69, 9.17) is 28.8 Å². The monoisotopic (exact) mass is 781 g/mol. The van der Waals surface area contributed by atoms with Crippen molar-refractivity contribution in [1.29, 1.82) is 0 Å². The third-order valence-corrected chi connectivity index (χ3v) is 11.9. The van der Waals surface area contributed by atoms with Crippen molar-refractivity contribution in [3.8, 4) is 51.3 Å². The first-order chi connectivity index (χ1) is 30.2. The molecule has 0 unspecified atom stereocenters. The van der Waals surface area contributed by atoms with Crippen LogP contribution in [-0.2, 0) is 0 Å². The molecule has 0 aliphatic rings. The summed E-state index contributed by atoms with van der Waals surface area (Å²) in [6, 6.07) is 64.7. The SMILES string of the molecule is c1ccc(-c2nc3ccc4oc5ccc6ccc(-c7nc(-c8ccc9c(c8)c8ccccc8n9-c8ccccc8)nc(-c8cccc9ccccc89)n7)cc6c5c4c3o2)cc1. The molecule has 7 nitrogen and oxygen atoms in total. The van der Waals surface area contributed by atoms with Crippen LogP contribution in [0.3, 0.4) is 0 Å². The average Bonchev–Trinajstić information content (AvgIpc) is 4.04. The summed E-state index contributed by atoms with van der Waals surface area (Å²) in [7, 11) is 0. The Kier molecular flexibility index (Phi) is 7.17. The lowest BCUT2D eigenvalue weighted by atomic mass is 10.0. The molecule has 0 saturated carbocycles. The Bertz CT molecular complexity index is 3880. The van der Waals surface area contributed by atoms with Gasteiger partial charge >= 0.3 is 0 Å². The quantitative estimate of drug-likeness (QED) is 0.173. The fraction of sp³-hybridized carbons (Fsp3) is 0. The van der Waals surface area contributed by atoms with Gasteiger partial charge in [0.15, 0.2) is 23.1 Å². The number of furan rings is 1. The Hall–Kier alpha value is -8.42. The van der Waals surface area contributed by atoms with Gasteiger partial charge in [0.1, 0.15) is 16.7 Å². The van der Waals surface area contributed by atoms with Crippen LogP contribution in [0.25, 0.3) is 128 Å². The van der Waals surface area contributed by atoms with Gasteiger partial charge < -0.3 is 13.4 Å². The second kappa shape index (κ2) is 13.0. The van der Waals surface area contributed by atoms with Crippen molar-refractivity contribution in [3.63, 3.8) is 0 Å². The summed E-state index contributed by atoms with van der Waals surface area (Å²) >= 11 is 0. The number of hydrogen-bond donors (Lipinski definition) is 0. The second-order valence-electron chi connectivity index (χ2n) is 15.4. The molecule has 4 heterocycles. The van der Waals surface area contributed by atoms with E-state index in [0.29, 0.717) is 28.9 Å². The first-order valence-electron chi connectivity index (χ1n) is 20.3. The van der Waals surface area contributed by atoms with Gasteiger partial charge in [-0.25, -0.2) is 19.9 Å². The Morgan fingerprint density at radius 2 is 1.00 bits per heavy atom. The molecule has 0 spiro atoms. The van der Waals surface area contributed by atoms with Crippen LogP contribution in [0.2, 0.25) is 0 Å². The number of nitrogens with zero attached hydrogens (tertiary/aromatic N) is 5. The Morgan fingerprint density at radius 3 is 1.85 bits per heavy atom. The summed E-state index contributed by atoms with van der Waals surface area (Å²) < 4.78 is 15.3. The largest absolute Gasteiger partial charge is 0.456 e. The number of benzene rings is 9. The van der Waals surface area contributed by atoms with Crippen LogP contribution in [0, 0.1) is 0 Å². The van der Waals surface area contributed by atoms with Crippen molar-refractivity contribution in [1.82, 2.24) is 24.5 Å².